The zero-order chi connectivity index (χ0) is 23.5. The smallest absolute Gasteiger partial charge is 0.269 e. The number of ether oxygens (including phenoxy) is 1. The average molecular weight is 509 g/mol. The minimum Gasteiger partial charge on any atom is -0.496 e. The molecule has 9 heteroatoms. The maximum absolute atomic E-state index is 13.3. The molecule has 0 fully saturated rings. The number of para-hydroxylation sites is 1. The van der Waals surface area contributed by atoms with E-state index in [2.05, 4.69) is 21.2 Å². The molecule has 0 aliphatic rings. The van der Waals surface area contributed by atoms with Gasteiger partial charge < -0.3 is 14.5 Å². The molecular weight excluding hydrogens is 492 g/mol. The van der Waals surface area contributed by atoms with Gasteiger partial charge in [-0.1, -0.05) is 12.1 Å². The van der Waals surface area contributed by atoms with E-state index in [-0.39, 0.29) is 29.6 Å². The summed E-state index contributed by atoms with van der Waals surface area (Å²) >= 11 is 3.38. The number of hydrogen-bond acceptors (Lipinski definition) is 7. The number of nitro groups is 1. The van der Waals surface area contributed by atoms with Gasteiger partial charge in [0.05, 0.1) is 28.7 Å². The highest BCUT2D eigenvalue weighted by molar-refractivity contribution is 9.10. The Kier molecular flexibility index (Phi) is 6.23. The van der Waals surface area contributed by atoms with Crippen molar-refractivity contribution in [2.45, 2.75) is 0 Å². The standard InChI is InChI=1S/C24H17BrN2O6/c1-32-21-11-8-15(12-18(21)25)23(29)24-22(17-4-2-3-5-20(17)33-24)26-13-19(28)14-6-9-16(10-7-14)27(30)31/h2-12,26H,13H2,1H3. The van der Waals surface area contributed by atoms with Gasteiger partial charge in [0.15, 0.2) is 11.5 Å². The van der Waals surface area contributed by atoms with E-state index in [9.17, 15) is 19.7 Å². The van der Waals surface area contributed by atoms with E-state index in [4.69, 9.17) is 9.15 Å². The number of fused-ring (bicyclic) bond motifs is 1. The Bertz CT molecular complexity index is 1380. The molecule has 3 aromatic carbocycles. The van der Waals surface area contributed by atoms with E-state index in [1.165, 1.54) is 31.4 Å². The van der Waals surface area contributed by atoms with E-state index in [0.717, 1.165) is 0 Å². The average Bonchev–Trinajstić information content (AvgIpc) is 3.20. The number of non-ortho nitro benzene ring substituents is 1. The third-order valence-electron chi connectivity index (χ3n) is 5.04. The third kappa shape index (κ3) is 4.49. The minimum atomic E-state index is -0.528. The third-order valence-corrected chi connectivity index (χ3v) is 5.66. The molecule has 8 nitrogen and oxygen atoms in total. The Morgan fingerprint density at radius 1 is 1.06 bits per heavy atom. The summed E-state index contributed by atoms with van der Waals surface area (Å²) < 4.78 is 11.7. The number of ketones is 2. The van der Waals surface area contributed by atoms with Crippen molar-refractivity contribution in [3.8, 4) is 5.75 Å². The van der Waals surface area contributed by atoms with Gasteiger partial charge in [0, 0.05) is 28.6 Å². The van der Waals surface area contributed by atoms with Crippen LogP contribution in [-0.2, 0) is 0 Å². The summed E-state index contributed by atoms with van der Waals surface area (Å²) in [5, 5.41) is 14.5. The molecule has 0 atom stereocenters. The number of halogens is 1. The number of carbonyl (C=O) groups is 2. The molecule has 0 radical (unpaired) electrons. The van der Waals surface area contributed by atoms with E-state index < -0.39 is 4.92 Å². The molecule has 4 rings (SSSR count). The monoisotopic (exact) mass is 508 g/mol. The van der Waals surface area contributed by atoms with Crippen LogP contribution in [0.15, 0.2) is 75.6 Å². The molecule has 33 heavy (non-hydrogen) atoms. The van der Waals surface area contributed by atoms with Crippen molar-refractivity contribution in [1.82, 2.24) is 0 Å². The van der Waals surface area contributed by atoms with Crippen LogP contribution in [0.4, 0.5) is 11.4 Å². The summed E-state index contributed by atoms with van der Waals surface area (Å²) in [4.78, 5) is 36.2. The molecule has 0 amide bonds. The van der Waals surface area contributed by atoms with Crippen molar-refractivity contribution in [3.05, 3.63) is 98.2 Å². The second-order valence-corrected chi connectivity index (χ2v) is 7.92. The molecule has 166 valence electrons. The first-order valence-corrected chi connectivity index (χ1v) is 10.6. The molecule has 0 saturated heterocycles. The molecule has 0 aliphatic carbocycles. The predicted molar refractivity (Wildman–Crippen MR) is 126 cm³/mol. The van der Waals surface area contributed by atoms with Crippen LogP contribution in [0.5, 0.6) is 5.75 Å². The maximum Gasteiger partial charge on any atom is 0.269 e. The van der Waals surface area contributed by atoms with Gasteiger partial charge in [0.2, 0.25) is 5.78 Å². The molecule has 0 bridgehead atoms. The summed E-state index contributed by atoms with van der Waals surface area (Å²) in [6.45, 7) is -0.131. The van der Waals surface area contributed by atoms with Crippen LogP contribution >= 0.6 is 15.9 Å². The Balaban J connectivity index is 1.64. The van der Waals surface area contributed by atoms with Gasteiger partial charge in [-0.25, -0.2) is 0 Å². The van der Waals surface area contributed by atoms with Crippen molar-refractivity contribution in [3.63, 3.8) is 0 Å². The lowest BCUT2D eigenvalue weighted by Crippen LogP contribution is -2.15. The van der Waals surface area contributed by atoms with Crippen molar-refractivity contribution in [2.24, 2.45) is 0 Å². The zero-order valence-electron chi connectivity index (χ0n) is 17.3. The number of rotatable bonds is 8. The van der Waals surface area contributed by atoms with E-state index in [1.54, 1.807) is 42.5 Å². The van der Waals surface area contributed by atoms with Crippen molar-refractivity contribution >= 4 is 49.8 Å². The van der Waals surface area contributed by atoms with Crippen molar-refractivity contribution < 1.29 is 23.7 Å². The Morgan fingerprint density at radius 2 is 1.76 bits per heavy atom. The Morgan fingerprint density at radius 3 is 2.42 bits per heavy atom. The number of Topliss-reactive ketones (excluding diaryl/α,β-unsaturated/α-hetero) is 1. The molecule has 0 aliphatic heterocycles. The first kappa shape index (κ1) is 22.2. The highest BCUT2D eigenvalue weighted by Gasteiger charge is 2.23. The maximum atomic E-state index is 13.3. The number of furan rings is 1. The highest BCUT2D eigenvalue weighted by Crippen LogP contribution is 2.34. The largest absolute Gasteiger partial charge is 0.496 e. The first-order valence-electron chi connectivity index (χ1n) is 9.80. The van der Waals surface area contributed by atoms with Gasteiger partial charge in [-0.3, -0.25) is 19.7 Å². The number of methoxy groups -OCH3 is 1. The lowest BCUT2D eigenvalue weighted by atomic mass is 10.1. The zero-order valence-corrected chi connectivity index (χ0v) is 18.9. The van der Waals surface area contributed by atoms with Crippen LogP contribution in [0, 0.1) is 10.1 Å². The SMILES string of the molecule is COc1ccc(C(=O)c2oc3ccccc3c2NCC(=O)c2ccc([N+](=O)[O-])cc2)cc1Br. The number of nitrogens with zero attached hydrogens (tertiary/aromatic N) is 1. The molecule has 0 saturated carbocycles. The van der Waals surface area contributed by atoms with E-state index in [0.29, 0.717) is 38.0 Å². The number of benzene rings is 3. The quantitative estimate of drug-likeness (QED) is 0.186. The van der Waals surface area contributed by atoms with Gasteiger partial charge in [0.25, 0.3) is 5.69 Å². The second kappa shape index (κ2) is 9.25. The van der Waals surface area contributed by atoms with Crippen molar-refractivity contribution in [1.29, 1.82) is 0 Å². The fourth-order valence-corrected chi connectivity index (χ4v) is 3.90. The van der Waals surface area contributed by atoms with Crippen LogP contribution in [-0.4, -0.2) is 30.1 Å². The number of carbonyl (C=O) groups excluding carboxylic acids is 2. The molecular formula is C24H17BrN2O6. The number of anilines is 1. The van der Waals surface area contributed by atoms with Gasteiger partial charge >= 0.3 is 0 Å². The van der Waals surface area contributed by atoms with Gasteiger partial charge in [-0.15, -0.1) is 0 Å². The van der Waals surface area contributed by atoms with Crippen LogP contribution in [0.2, 0.25) is 0 Å². The molecule has 1 aromatic heterocycles. The number of hydrogen-bond donors (Lipinski definition) is 1. The van der Waals surface area contributed by atoms with Gasteiger partial charge in [-0.2, -0.15) is 0 Å². The van der Waals surface area contributed by atoms with Gasteiger partial charge in [-0.05, 0) is 58.4 Å². The fraction of sp³-hybridized carbons (Fsp3) is 0.0833. The Hall–Kier alpha value is -3.98. The second-order valence-electron chi connectivity index (χ2n) is 7.06. The van der Waals surface area contributed by atoms with Crippen LogP contribution in [0.1, 0.15) is 26.5 Å². The first-order chi connectivity index (χ1) is 15.9. The summed E-state index contributed by atoms with van der Waals surface area (Å²) in [6.07, 6.45) is 0. The fourth-order valence-electron chi connectivity index (χ4n) is 3.36. The number of nitrogens with one attached hydrogen (secondary N) is 1. The summed E-state index contributed by atoms with van der Waals surface area (Å²) in [5.74, 6) is 0.00794. The molecule has 4 aromatic rings. The molecule has 0 spiro atoms. The minimum absolute atomic E-state index is 0.0739. The lowest BCUT2D eigenvalue weighted by Gasteiger charge is -2.08. The van der Waals surface area contributed by atoms with E-state index in [1.807, 2.05) is 0 Å². The van der Waals surface area contributed by atoms with E-state index >= 15 is 0 Å². The summed E-state index contributed by atoms with van der Waals surface area (Å²) in [6, 6.07) is 17.4. The van der Waals surface area contributed by atoms with Crippen molar-refractivity contribution in [2.75, 3.05) is 19.0 Å². The van der Waals surface area contributed by atoms with Crippen LogP contribution in [0.25, 0.3) is 11.0 Å². The lowest BCUT2D eigenvalue weighted by molar-refractivity contribution is -0.384. The topological polar surface area (TPSA) is 112 Å². The summed E-state index contributed by atoms with van der Waals surface area (Å²) in [7, 11) is 1.53. The predicted octanol–water partition coefficient (Wildman–Crippen LogP) is 5.64. The summed E-state index contributed by atoms with van der Waals surface area (Å²) in [5.41, 5.74) is 1.50. The number of nitro benzene ring substituents is 1. The normalized spacial score (nSPS) is 10.7. The van der Waals surface area contributed by atoms with Crippen LogP contribution < -0.4 is 10.1 Å². The van der Waals surface area contributed by atoms with Crippen LogP contribution in [0.3, 0.4) is 0 Å². The Labute approximate surface area is 196 Å². The highest BCUT2D eigenvalue weighted by atomic mass is 79.9. The molecule has 1 N–H and O–H groups in total. The van der Waals surface area contributed by atoms with Gasteiger partial charge in [0.1, 0.15) is 11.3 Å². The molecule has 0 unspecified atom stereocenters. The molecule has 1 heterocycles.